The van der Waals surface area contributed by atoms with E-state index >= 15 is 0 Å². The van der Waals surface area contributed by atoms with Gasteiger partial charge in [0.05, 0.1) is 12.6 Å². The van der Waals surface area contributed by atoms with Gasteiger partial charge in [0.15, 0.2) is 5.82 Å². The van der Waals surface area contributed by atoms with Crippen molar-refractivity contribution in [3.8, 4) is 11.4 Å². The molecule has 124 valence electrons. The fourth-order valence-electron chi connectivity index (χ4n) is 2.95. The molecule has 0 saturated heterocycles. The molecule has 2 aromatic heterocycles. The molecule has 0 atom stereocenters. The molecule has 4 aromatic rings. The number of carbonyl (C=O) groups excluding carboxylic acids is 1. The van der Waals surface area contributed by atoms with Crippen LogP contribution in [0.3, 0.4) is 0 Å². The molecule has 6 nitrogen and oxygen atoms in total. The van der Waals surface area contributed by atoms with Crippen molar-refractivity contribution in [3.63, 3.8) is 0 Å². The van der Waals surface area contributed by atoms with Crippen molar-refractivity contribution in [2.75, 3.05) is 7.11 Å². The average molecular weight is 333 g/mol. The zero-order chi connectivity index (χ0) is 17.4. The van der Waals surface area contributed by atoms with Gasteiger partial charge in [0.2, 0.25) is 0 Å². The summed E-state index contributed by atoms with van der Waals surface area (Å²) in [5.74, 6) is 0.0781. The Morgan fingerprint density at radius 3 is 2.52 bits per heavy atom. The van der Waals surface area contributed by atoms with Gasteiger partial charge in [-0.05, 0) is 12.1 Å². The molecule has 0 fully saturated rings. The SMILES string of the molecule is COC(=O)Cn1nc(-c2ccccc2)n2c(cc3ccccc32)c1=O. The average Bonchev–Trinajstić information content (AvgIpc) is 3.04. The largest absolute Gasteiger partial charge is 0.468 e. The van der Waals surface area contributed by atoms with Crippen molar-refractivity contribution in [1.82, 2.24) is 14.2 Å². The van der Waals surface area contributed by atoms with E-state index in [1.54, 1.807) is 0 Å². The molecule has 0 spiro atoms. The van der Waals surface area contributed by atoms with Gasteiger partial charge >= 0.3 is 5.97 Å². The van der Waals surface area contributed by atoms with E-state index in [1.165, 1.54) is 7.11 Å². The first-order valence-electron chi connectivity index (χ1n) is 7.82. The zero-order valence-corrected chi connectivity index (χ0v) is 13.5. The number of fused-ring (bicyclic) bond motifs is 3. The lowest BCUT2D eigenvalue weighted by Gasteiger charge is -2.10. The number of aromatic nitrogens is 3. The number of para-hydroxylation sites is 1. The first kappa shape index (κ1) is 15.1. The third-order valence-corrected chi connectivity index (χ3v) is 4.13. The molecule has 0 amide bonds. The Kier molecular flexibility index (Phi) is 3.57. The summed E-state index contributed by atoms with van der Waals surface area (Å²) < 4.78 is 7.67. The summed E-state index contributed by atoms with van der Waals surface area (Å²) in [5, 5.41) is 5.39. The standard InChI is InChI=1S/C19H15N3O3/c1-25-17(23)12-21-19(24)16-11-14-9-5-6-10-15(14)22(16)18(20-21)13-7-3-2-4-8-13/h2-11H,12H2,1H3. The van der Waals surface area contributed by atoms with Crippen molar-refractivity contribution in [3.05, 3.63) is 71.0 Å². The Labute approximate surface area is 142 Å². The molecular weight excluding hydrogens is 318 g/mol. The van der Waals surface area contributed by atoms with E-state index in [4.69, 9.17) is 0 Å². The third-order valence-electron chi connectivity index (χ3n) is 4.13. The van der Waals surface area contributed by atoms with E-state index < -0.39 is 5.97 Å². The monoisotopic (exact) mass is 333 g/mol. The van der Waals surface area contributed by atoms with Gasteiger partial charge in [-0.25, -0.2) is 4.68 Å². The predicted molar refractivity (Wildman–Crippen MR) is 94.4 cm³/mol. The minimum absolute atomic E-state index is 0.229. The van der Waals surface area contributed by atoms with Crippen molar-refractivity contribution >= 4 is 22.4 Å². The molecule has 0 aliphatic rings. The number of carbonyl (C=O) groups is 1. The smallest absolute Gasteiger partial charge is 0.327 e. The van der Waals surface area contributed by atoms with E-state index in [0.717, 1.165) is 21.1 Å². The van der Waals surface area contributed by atoms with Crippen LogP contribution < -0.4 is 5.56 Å². The van der Waals surface area contributed by atoms with Gasteiger partial charge in [0.25, 0.3) is 5.56 Å². The fourth-order valence-corrected chi connectivity index (χ4v) is 2.95. The number of hydrogen-bond acceptors (Lipinski definition) is 4. The lowest BCUT2D eigenvalue weighted by atomic mass is 10.2. The highest BCUT2D eigenvalue weighted by Crippen LogP contribution is 2.24. The lowest BCUT2D eigenvalue weighted by Crippen LogP contribution is -2.29. The van der Waals surface area contributed by atoms with Crippen LogP contribution in [0.25, 0.3) is 27.8 Å². The number of esters is 1. The highest BCUT2D eigenvalue weighted by molar-refractivity contribution is 5.88. The van der Waals surface area contributed by atoms with E-state index in [-0.39, 0.29) is 12.1 Å². The maximum atomic E-state index is 12.8. The molecule has 0 N–H and O–H groups in total. The maximum absolute atomic E-state index is 12.8. The minimum Gasteiger partial charge on any atom is -0.468 e. The van der Waals surface area contributed by atoms with Gasteiger partial charge in [-0.2, -0.15) is 0 Å². The molecule has 0 unspecified atom stereocenters. The molecule has 0 saturated carbocycles. The summed E-state index contributed by atoms with van der Waals surface area (Å²) >= 11 is 0. The van der Waals surface area contributed by atoms with Crippen LogP contribution in [-0.4, -0.2) is 27.3 Å². The summed E-state index contributed by atoms with van der Waals surface area (Å²) in [6.45, 7) is -0.229. The molecule has 25 heavy (non-hydrogen) atoms. The number of rotatable bonds is 3. The normalized spacial score (nSPS) is 11.1. The summed E-state index contributed by atoms with van der Waals surface area (Å²) in [7, 11) is 1.29. The summed E-state index contributed by atoms with van der Waals surface area (Å²) in [6, 6.07) is 19.1. The Balaban J connectivity index is 2.11. The fraction of sp³-hybridized carbons (Fsp3) is 0.105. The lowest BCUT2D eigenvalue weighted by molar-refractivity contribution is -0.141. The van der Waals surface area contributed by atoms with Crippen LogP contribution in [0.15, 0.2) is 65.5 Å². The Morgan fingerprint density at radius 1 is 1.04 bits per heavy atom. The summed E-state index contributed by atoms with van der Waals surface area (Å²) in [4.78, 5) is 24.5. The maximum Gasteiger partial charge on any atom is 0.327 e. The Hall–Kier alpha value is -3.41. The van der Waals surface area contributed by atoms with Gasteiger partial charge < -0.3 is 4.74 Å². The molecule has 0 radical (unpaired) electrons. The first-order valence-corrected chi connectivity index (χ1v) is 7.82. The van der Waals surface area contributed by atoms with Crippen LogP contribution in [0.4, 0.5) is 0 Å². The third kappa shape index (κ3) is 2.48. The van der Waals surface area contributed by atoms with E-state index in [1.807, 2.05) is 65.1 Å². The second-order valence-electron chi connectivity index (χ2n) is 5.65. The van der Waals surface area contributed by atoms with Crippen LogP contribution in [0, 0.1) is 0 Å². The zero-order valence-electron chi connectivity index (χ0n) is 13.5. The number of hydrogen-bond donors (Lipinski definition) is 0. The van der Waals surface area contributed by atoms with Gasteiger partial charge in [0, 0.05) is 10.9 Å². The summed E-state index contributed by atoms with van der Waals surface area (Å²) in [6.07, 6.45) is 0. The molecule has 0 aliphatic carbocycles. The molecule has 4 rings (SSSR count). The quantitative estimate of drug-likeness (QED) is 0.540. The van der Waals surface area contributed by atoms with Crippen molar-refractivity contribution in [2.45, 2.75) is 6.54 Å². The van der Waals surface area contributed by atoms with Crippen LogP contribution in [0.5, 0.6) is 0 Å². The first-order chi connectivity index (χ1) is 12.2. The molecular formula is C19H15N3O3. The van der Waals surface area contributed by atoms with Crippen molar-refractivity contribution < 1.29 is 9.53 Å². The highest BCUT2D eigenvalue weighted by Gasteiger charge is 2.17. The topological polar surface area (TPSA) is 65.6 Å². The number of nitrogens with zero attached hydrogens (tertiary/aromatic N) is 3. The van der Waals surface area contributed by atoms with Crippen LogP contribution in [0.1, 0.15) is 0 Å². The minimum atomic E-state index is -0.519. The van der Waals surface area contributed by atoms with E-state index in [9.17, 15) is 9.59 Å². The van der Waals surface area contributed by atoms with Crippen LogP contribution in [0.2, 0.25) is 0 Å². The second kappa shape index (κ2) is 5.90. The Morgan fingerprint density at radius 2 is 1.76 bits per heavy atom. The molecule has 0 bridgehead atoms. The van der Waals surface area contributed by atoms with Crippen molar-refractivity contribution in [2.24, 2.45) is 0 Å². The summed E-state index contributed by atoms with van der Waals surface area (Å²) in [5.41, 5.74) is 1.89. The molecule has 2 aromatic carbocycles. The van der Waals surface area contributed by atoms with E-state index in [2.05, 4.69) is 9.84 Å². The van der Waals surface area contributed by atoms with Gasteiger partial charge in [-0.1, -0.05) is 48.5 Å². The molecule has 6 heteroatoms. The Bertz CT molecular complexity index is 1140. The molecule has 2 heterocycles. The highest BCUT2D eigenvalue weighted by atomic mass is 16.5. The van der Waals surface area contributed by atoms with Gasteiger partial charge in [0.1, 0.15) is 12.1 Å². The van der Waals surface area contributed by atoms with Gasteiger partial charge in [-0.3, -0.25) is 14.0 Å². The van der Waals surface area contributed by atoms with E-state index in [0.29, 0.717) is 11.3 Å². The number of benzene rings is 2. The predicted octanol–water partition coefficient (Wildman–Crippen LogP) is 2.49. The van der Waals surface area contributed by atoms with Crippen LogP contribution >= 0.6 is 0 Å². The second-order valence-corrected chi connectivity index (χ2v) is 5.65. The van der Waals surface area contributed by atoms with Crippen LogP contribution in [-0.2, 0) is 16.1 Å². The number of methoxy groups -OCH3 is 1. The number of ether oxygens (including phenoxy) is 1. The molecule has 0 aliphatic heterocycles. The van der Waals surface area contributed by atoms with Gasteiger partial charge in [-0.15, -0.1) is 5.10 Å². The van der Waals surface area contributed by atoms with Crippen molar-refractivity contribution in [1.29, 1.82) is 0 Å².